The van der Waals surface area contributed by atoms with Gasteiger partial charge in [0.15, 0.2) is 12.1 Å². The zero-order valence-corrected chi connectivity index (χ0v) is 8.28. The molecule has 0 radical (unpaired) electrons. The largest absolute Gasteiger partial charge is 0.480 e. The third kappa shape index (κ3) is 2.08. The Balaban J connectivity index is 2.21. The second-order valence-electron chi connectivity index (χ2n) is 3.69. The van der Waals surface area contributed by atoms with Crippen LogP contribution in [0.5, 0.6) is 0 Å². The molecule has 0 aromatic carbocycles. The predicted molar refractivity (Wildman–Crippen MR) is 52.9 cm³/mol. The molecule has 2 atom stereocenters. The van der Waals surface area contributed by atoms with E-state index in [-0.39, 0.29) is 11.8 Å². The average Bonchev–Trinajstić information content (AvgIpc) is 3.01. The van der Waals surface area contributed by atoms with Crippen LogP contribution in [0.1, 0.15) is 12.8 Å². The number of hydrogen-bond donors (Lipinski definition) is 1. The Kier molecular flexibility index (Phi) is 2.69. The van der Waals surface area contributed by atoms with Crippen molar-refractivity contribution in [3.05, 3.63) is 21.9 Å². The van der Waals surface area contributed by atoms with Gasteiger partial charge in [0.25, 0.3) is 5.70 Å². The van der Waals surface area contributed by atoms with E-state index in [1.54, 1.807) is 0 Å². The Morgan fingerprint density at radius 2 is 2.31 bits per heavy atom. The molecule has 7 heteroatoms. The topological polar surface area (TPSA) is 102 Å². The van der Waals surface area contributed by atoms with Gasteiger partial charge in [-0.05, 0) is 12.8 Å². The monoisotopic (exact) mass is 226 g/mol. The standard InChI is InChI=1S/C9H10N2O5/c12-9(13)7-8(16-5-1-2-5)6(11(14)15)3-4-10-7/h3-5,7-8H,1-2H2,(H,12,13). The summed E-state index contributed by atoms with van der Waals surface area (Å²) in [4.78, 5) is 24.7. The summed E-state index contributed by atoms with van der Waals surface area (Å²) < 4.78 is 5.35. The number of allylic oxidation sites excluding steroid dienone is 1. The highest BCUT2D eigenvalue weighted by Gasteiger charge is 2.43. The van der Waals surface area contributed by atoms with Crippen molar-refractivity contribution in [2.24, 2.45) is 4.99 Å². The molecule has 7 nitrogen and oxygen atoms in total. The van der Waals surface area contributed by atoms with Crippen LogP contribution in [0.3, 0.4) is 0 Å². The molecular weight excluding hydrogens is 216 g/mol. The van der Waals surface area contributed by atoms with E-state index in [0.29, 0.717) is 0 Å². The first-order valence-electron chi connectivity index (χ1n) is 4.85. The van der Waals surface area contributed by atoms with Crippen LogP contribution < -0.4 is 0 Å². The molecule has 0 bridgehead atoms. The van der Waals surface area contributed by atoms with Crippen LogP contribution >= 0.6 is 0 Å². The van der Waals surface area contributed by atoms with Crippen molar-refractivity contribution >= 4 is 12.2 Å². The molecule has 0 aromatic heterocycles. The van der Waals surface area contributed by atoms with Gasteiger partial charge in [-0.2, -0.15) is 0 Å². The maximum absolute atomic E-state index is 10.9. The third-order valence-corrected chi connectivity index (χ3v) is 2.40. The second kappa shape index (κ2) is 4.01. The van der Waals surface area contributed by atoms with E-state index in [1.807, 2.05) is 0 Å². The van der Waals surface area contributed by atoms with Crippen LogP contribution in [0.4, 0.5) is 0 Å². The number of rotatable bonds is 4. The zero-order valence-electron chi connectivity index (χ0n) is 8.28. The molecule has 1 heterocycles. The number of dihydropyridines is 1. The lowest BCUT2D eigenvalue weighted by molar-refractivity contribution is -0.438. The fraction of sp³-hybridized carbons (Fsp3) is 0.556. The smallest absolute Gasteiger partial charge is 0.331 e. The summed E-state index contributed by atoms with van der Waals surface area (Å²) in [5.41, 5.74) is -0.241. The van der Waals surface area contributed by atoms with E-state index in [4.69, 9.17) is 9.84 Å². The first-order valence-corrected chi connectivity index (χ1v) is 4.85. The van der Waals surface area contributed by atoms with Crippen molar-refractivity contribution in [2.45, 2.75) is 31.1 Å². The molecule has 1 aliphatic heterocycles. The van der Waals surface area contributed by atoms with Gasteiger partial charge in [0.2, 0.25) is 0 Å². The van der Waals surface area contributed by atoms with E-state index in [9.17, 15) is 14.9 Å². The molecule has 2 unspecified atom stereocenters. The number of aliphatic imine (C=N–C) groups is 1. The Bertz CT molecular complexity index is 385. The normalized spacial score (nSPS) is 28.6. The third-order valence-electron chi connectivity index (χ3n) is 2.40. The molecule has 0 aromatic rings. The molecule has 86 valence electrons. The van der Waals surface area contributed by atoms with Crippen molar-refractivity contribution < 1.29 is 19.6 Å². The first-order chi connectivity index (χ1) is 7.59. The summed E-state index contributed by atoms with van der Waals surface area (Å²) >= 11 is 0. The van der Waals surface area contributed by atoms with Gasteiger partial charge in [0, 0.05) is 12.3 Å². The highest BCUT2D eigenvalue weighted by molar-refractivity contribution is 5.82. The summed E-state index contributed by atoms with van der Waals surface area (Å²) in [7, 11) is 0. The number of carboxylic acid groups (broad SMARTS) is 1. The molecule has 2 aliphatic rings. The molecule has 0 amide bonds. The fourth-order valence-corrected chi connectivity index (χ4v) is 1.46. The van der Waals surface area contributed by atoms with Crippen molar-refractivity contribution in [1.29, 1.82) is 0 Å². The number of hydrogen-bond acceptors (Lipinski definition) is 5. The van der Waals surface area contributed by atoms with Crippen LogP contribution in [0.25, 0.3) is 0 Å². The Morgan fingerprint density at radius 3 is 2.81 bits per heavy atom. The lowest BCUT2D eigenvalue weighted by Gasteiger charge is -2.20. The highest BCUT2D eigenvalue weighted by atomic mass is 16.6. The molecular formula is C9H10N2O5. The van der Waals surface area contributed by atoms with E-state index in [0.717, 1.165) is 19.1 Å². The van der Waals surface area contributed by atoms with Gasteiger partial charge in [-0.15, -0.1) is 0 Å². The van der Waals surface area contributed by atoms with Gasteiger partial charge in [-0.25, -0.2) is 4.79 Å². The van der Waals surface area contributed by atoms with Crippen LogP contribution in [0, 0.1) is 10.1 Å². The molecule has 0 saturated heterocycles. The molecule has 2 rings (SSSR count). The van der Waals surface area contributed by atoms with Crippen molar-refractivity contribution in [3.8, 4) is 0 Å². The van der Waals surface area contributed by atoms with Crippen molar-refractivity contribution in [2.75, 3.05) is 0 Å². The molecule has 1 fully saturated rings. The number of ether oxygens (including phenoxy) is 1. The summed E-state index contributed by atoms with van der Waals surface area (Å²) in [5, 5.41) is 19.6. The lowest BCUT2D eigenvalue weighted by atomic mass is 10.1. The van der Waals surface area contributed by atoms with Crippen LogP contribution in [0.15, 0.2) is 16.8 Å². The van der Waals surface area contributed by atoms with Gasteiger partial charge in [-0.1, -0.05) is 0 Å². The SMILES string of the molecule is O=C(O)C1N=CC=C([N+](=O)[O-])C1OC1CC1. The van der Waals surface area contributed by atoms with Crippen molar-refractivity contribution in [3.63, 3.8) is 0 Å². The second-order valence-corrected chi connectivity index (χ2v) is 3.69. The summed E-state index contributed by atoms with van der Waals surface area (Å²) in [6.45, 7) is 0. The summed E-state index contributed by atoms with van der Waals surface area (Å²) in [6, 6.07) is -1.22. The maximum atomic E-state index is 10.9. The minimum Gasteiger partial charge on any atom is -0.480 e. The number of nitro groups is 1. The van der Waals surface area contributed by atoms with Crippen molar-refractivity contribution in [1.82, 2.24) is 0 Å². The molecule has 1 N–H and O–H groups in total. The van der Waals surface area contributed by atoms with Crippen LogP contribution in [0.2, 0.25) is 0 Å². The van der Waals surface area contributed by atoms with Gasteiger partial charge in [0.1, 0.15) is 0 Å². The van der Waals surface area contributed by atoms with Gasteiger partial charge < -0.3 is 9.84 Å². The number of carboxylic acids is 1. The Hall–Kier alpha value is -1.76. The number of carbonyl (C=O) groups is 1. The Morgan fingerprint density at radius 1 is 1.62 bits per heavy atom. The van der Waals surface area contributed by atoms with Gasteiger partial charge in [0.05, 0.1) is 11.0 Å². The highest BCUT2D eigenvalue weighted by Crippen LogP contribution is 2.30. The fourth-order valence-electron chi connectivity index (χ4n) is 1.46. The summed E-state index contributed by atoms with van der Waals surface area (Å²) in [6.07, 6.45) is 2.82. The quantitative estimate of drug-likeness (QED) is 0.546. The minimum atomic E-state index is -1.22. The van der Waals surface area contributed by atoms with E-state index < -0.39 is 23.0 Å². The van der Waals surface area contributed by atoms with E-state index in [1.165, 1.54) is 6.08 Å². The lowest BCUT2D eigenvalue weighted by Crippen LogP contribution is -2.40. The van der Waals surface area contributed by atoms with Crippen LogP contribution in [-0.2, 0) is 9.53 Å². The minimum absolute atomic E-state index is 0.0662. The van der Waals surface area contributed by atoms with Gasteiger partial charge in [-0.3, -0.25) is 15.1 Å². The molecule has 0 spiro atoms. The van der Waals surface area contributed by atoms with E-state index in [2.05, 4.69) is 4.99 Å². The van der Waals surface area contributed by atoms with Gasteiger partial charge >= 0.3 is 5.97 Å². The summed E-state index contributed by atoms with van der Waals surface area (Å²) in [5.74, 6) is -1.21. The molecule has 1 aliphatic carbocycles. The zero-order chi connectivity index (χ0) is 11.7. The predicted octanol–water partition coefficient (Wildman–Crippen LogP) is 0.232. The Labute approximate surface area is 90.6 Å². The number of aliphatic carboxylic acids is 1. The van der Waals surface area contributed by atoms with E-state index >= 15 is 0 Å². The first kappa shape index (κ1) is 10.7. The van der Waals surface area contributed by atoms with Crippen LogP contribution in [-0.4, -0.2) is 40.5 Å². The number of nitrogens with zero attached hydrogens (tertiary/aromatic N) is 2. The molecule has 16 heavy (non-hydrogen) atoms. The maximum Gasteiger partial charge on any atom is 0.331 e. The molecule has 1 saturated carbocycles. The average molecular weight is 226 g/mol.